The van der Waals surface area contributed by atoms with Crippen LogP contribution in [0.4, 0.5) is 24.8 Å². The van der Waals surface area contributed by atoms with Crippen LogP contribution in [-0.4, -0.2) is 25.4 Å². The number of hydrogen-bond donors (Lipinski definition) is 2. The van der Waals surface area contributed by atoms with E-state index in [9.17, 15) is 21.6 Å². The zero-order valence-electron chi connectivity index (χ0n) is 14.9. The van der Waals surface area contributed by atoms with Crippen LogP contribution in [0.15, 0.2) is 35.3 Å². The van der Waals surface area contributed by atoms with Crippen LogP contribution < -0.4 is 10.0 Å². The van der Waals surface area contributed by atoms with E-state index in [2.05, 4.69) is 15.3 Å². The SMILES string of the molecule is [2H]c1nc(Nc2ccc(S(=O)(=O)NC([2H])([2H])[2H])cc2)nc(Cl)c1C(F)(F)F. The number of alkyl halides is 3. The average Bonchev–Trinajstić information content (AvgIpc) is 2.42. The van der Waals surface area contributed by atoms with E-state index in [0.717, 1.165) is 12.1 Å². The predicted molar refractivity (Wildman–Crippen MR) is 78.0 cm³/mol. The Morgan fingerprint density at radius 1 is 1.30 bits per heavy atom. The first-order valence-electron chi connectivity index (χ1n) is 7.71. The van der Waals surface area contributed by atoms with Crippen LogP contribution in [-0.2, 0) is 16.2 Å². The molecule has 1 heterocycles. The maximum atomic E-state index is 12.7. The lowest BCUT2D eigenvalue weighted by Gasteiger charge is -2.10. The Kier molecular flexibility index (Phi) is 3.43. The van der Waals surface area contributed by atoms with Gasteiger partial charge in [0.1, 0.15) is 10.7 Å². The number of nitrogens with zero attached hydrogens (tertiary/aromatic N) is 2. The van der Waals surface area contributed by atoms with Crippen LogP contribution in [0.1, 0.15) is 11.0 Å². The van der Waals surface area contributed by atoms with Gasteiger partial charge in [-0.3, -0.25) is 0 Å². The third kappa shape index (κ3) is 4.09. The maximum absolute atomic E-state index is 12.7. The molecule has 0 fully saturated rings. The standard InChI is InChI=1S/C12H10ClF3N4O2S/c1-17-23(21,22)8-4-2-7(3-5-8)19-11-18-6-9(10(13)20-11)12(14,15)16/h2-6,17H,1H3,(H,18,19,20)/i1D3,6D. The van der Waals surface area contributed by atoms with Gasteiger partial charge < -0.3 is 5.32 Å². The second kappa shape index (κ2) is 6.30. The van der Waals surface area contributed by atoms with E-state index in [4.69, 9.17) is 17.1 Å². The number of benzene rings is 1. The lowest BCUT2D eigenvalue weighted by molar-refractivity contribution is -0.137. The van der Waals surface area contributed by atoms with Gasteiger partial charge in [-0.2, -0.15) is 13.2 Å². The molecule has 0 radical (unpaired) electrons. The minimum absolute atomic E-state index is 0.165. The van der Waals surface area contributed by atoms with Crippen molar-refractivity contribution in [2.45, 2.75) is 11.1 Å². The maximum Gasteiger partial charge on any atom is 0.420 e. The van der Waals surface area contributed by atoms with Gasteiger partial charge in [-0.05, 0) is 31.2 Å². The summed E-state index contributed by atoms with van der Waals surface area (Å²) < 4.78 is 91.6. The molecule has 0 unspecified atom stereocenters. The number of sulfonamides is 1. The van der Waals surface area contributed by atoms with Gasteiger partial charge in [-0.15, -0.1) is 0 Å². The van der Waals surface area contributed by atoms with Crippen LogP contribution in [0, 0.1) is 0 Å². The molecule has 0 saturated heterocycles. The summed E-state index contributed by atoms with van der Waals surface area (Å²) in [7, 11) is -4.29. The van der Waals surface area contributed by atoms with Crippen LogP contribution in [0.2, 0.25) is 5.15 Å². The molecule has 0 bridgehead atoms. The second-order valence-corrected chi connectivity index (χ2v) is 6.12. The van der Waals surface area contributed by atoms with E-state index in [0.29, 0.717) is 0 Å². The fourth-order valence-electron chi connectivity index (χ4n) is 1.47. The van der Waals surface area contributed by atoms with Crippen molar-refractivity contribution in [2.75, 3.05) is 12.3 Å². The van der Waals surface area contributed by atoms with Gasteiger partial charge >= 0.3 is 6.18 Å². The van der Waals surface area contributed by atoms with Crippen molar-refractivity contribution in [2.24, 2.45) is 0 Å². The first-order valence-corrected chi connectivity index (χ1v) is 7.57. The largest absolute Gasteiger partial charge is 0.420 e. The van der Waals surface area contributed by atoms with E-state index in [1.807, 2.05) is 0 Å². The summed E-state index contributed by atoms with van der Waals surface area (Å²) in [6.07, 6.45) is -6.02. The van der Waals surface area contributed by atoms with Gasteiger partial charge in [0, 0.05) is 16.0 Å². The molecule has 6 nitrogen and oxygen atoms in total. The molecule has 0 aliphatic carbocycles. The number of aromatic nitrogens is 2. The van der Waals surface area contributed by atoms with Crippen molar-refractivity contribution in [1.29, 1.82) is 0 Å². The minimum Gasteiger partial charge on any atom is -0.324 e. The van der Waals surface area contributed by atoms with Crippen molar-refractivity contribution in [3.8, 4) is 0 Å². The number of hydrogen-bond acceptors (Lipinski definition) is 5. The number of halogens is 4. The summed E-state index contributed by atoms with van der Waals surface area (Å²) in [6.45, 7) is -2.91. The van der Waals surface area contributed by atoms with E-state index >= 15 is 0 Å². The Labute approximate surface area is 140 Å². The Bertz CT molecular complexity index is 930. The fourth-order valence-corrected chi connectivity index (χ4v) is 2.31. The van der Waals surface area contributed by atoms with Gasteiger partial charge in [-0.1, -0.05) is 11.6 Å². The molecular formula is C12H10ClF3N4O2S. The highest BCUT2D eigenvalue weighted by molar-refractivity contribution is 7.89. The first-order chi connectivity index (χ1) is 12.2. The van der Waals surface area contributed by atoms with Crippen molar-refractivity contribution < 1.29 is 27.1 Å². The molecule has 23 heavy (non-hydrogen) atoms. The van der Waals surface area contributed by atoms with Crippen molar-refractivity contribution in [3.63, 3.8) is 0 Å². The van der Waals surface area contributed by atoms with Crippen LogP contribution >= 0.6 is 11.6 Å². The highest BCUT2D eigenvalue weighted by atomic mass is 35.5. The molecule has 2 rings (SSSR count). The van der Waals surface area contributed by atoms with E-state index in [1.165, 1.54) is 16.9 Å². The quantitative estimate of drug-likeness (QED) is 0.808. The zero-order chi connectivity index (χ0) is 20.6. The molecular weight excluding hydrogens is 357 g/mol. The Hall–Kier alpha value is -1.91. The van der Waals surface area contributed by atoms with Crippen molar-refractivity contribution in [1.82, 2.24) is 14.7 Å². The Balaban J connectivity index is 2.25. The van der Waals surface area contributed by atoms with Gasteiger partial charge in [-0.25, -0.2) is 23.1 Å². The highest BCUT2D eigenvalue weighted by Crippen LogP contribution is 2.33. The van der Waals surface area contributed by atoms with Gasteiger partial charge in [0.25, 0.3) is 0 Å². The Morgan fingerprint density at radius 2 is 1.96 bits per heavy atom. The van der Waals surface area contributed by atoms with E-state index in [1.54, 1.807) is 0 Å². The molecule has 1 aromatic carbocycles. The fraction of sp³-hybridized carbons (Fsp3) is 0.167. The van der Waals surface area contributed by atoms with Gasteiger partial charge in [0.2, 0.25) is 16.0 Å². The topological polar surface area (TPSA) is 84.0 Å². The van der Waals surface area contributed by atoms with Crippen LogP contribution in [0.5, 0.6) is 0 Å². The average molecular weight is 371 g/mol. The summed E-state index contributed by atoms with van der Waals surface area (Å²) in [5.74, 6) is -0.408. The number of rotatable bonds is 4. The molecule has 0 amide bonds. The molecule has 11 heteroatoms. The van der Waals surface area contributed by atoms with Gasteiger partial charge in [0.15, 0.2) is 0 Å². The van der Waals surface area contributed by atoms with Crippen LogP contribution in [0.3, 0.4) is 0 Å². The molecule has 2 N–H and O–H groups in total. The molecule has 0 spiro atoms. The molecule has 0 aliphatic rings. The first kappa shape index (κ1) is 12.5. The van der Waals surface area contributed by atoms with Crippen LogP contribution in [0.25, 0.3) is 0 Å². The smallest absolute Gasteiger partial charge is 0.324 e. The van der Waals surface area contributed by atoms with Gasteiger partial charge in [0.05, 0.1) is 6.27 Å². The molecule has 0 atom stereocenters. The zero-order valence-corrected chi connectivity index (χ0v) is 12.5. The Morgan fingerprint density at radius 3 is 2.48 bits per heavy atom. The van der Waals surface area contributed by atoms with Crippen molar-refractivity contribution in [3.05, 3.63) is 41.2 Å². The lowest BCUT2D eigenvalue weighted by atomic mass is 10.3. The number of nitrogens with one attached hydrogen (secondary N) is 2. The molecule has 0 aliphatic heterocycles. The highest BCUT2D eigenvalue weighted by Gasteiger charge is 2.34. The molecule has 1 aromatic heterocycles. The molecule has 0 saturated carbocycles. The molecule has 2 aromatic rings. The van der Waals surface area contributed by atoms with E-state index in [-0.39, 0.29) is 10.6 Å². The third-order valence-electron chi connectivity index (χ3n) is 2.52. The summed E-state index contributed by atoms with van der Waals surface area (Å²) in [5.41, 5.74) is -1.31. The predicted octanol–water partition coefficient (Wildman–Crippen LogP) is 2.80. The second-order valence-electron chi connectivity index (χ2n) is 4.08. The minimum atomic E-state index is -4.89. The van der Waals surface area contributed by atoms with Crippen molar-refractivity contribution >= 4 is 33.3 Å². The third-order valence-corrected chi connectivity index (χ3v) is 3.96. The summed E-state index contributed by atoms with van der Waals surface area (Å²) in [5, 5.41) is 1.50. The summed E-state index contributed by atoms with van der Waals surface area (Å²) in [6, 6.07) is 4.52. The number of anilines is 2. The summed E-state index contributed by atoms with van der Waals surface area (Å²) >= 11 is 5.46. The monoisotopic (exact) mass is 370 g/mol. The summed E-state index contributed by atoms with van der Waals surface area (Å²) in [4.78, 5) is 6.41. The van der Waals surface area contributed by atoms with E-state index < -0.39 is 46.0 Å². The molecule has 124 valence electrons. The lowest BCUT2D eigenvalue weighted by Crippen LogP contribution is -2.18. The normalized spacial score (nSPS) is 15.3.